The van der Waals surface area contributed by atoms with Crippen LogP contribution in [-0.4, -0.2) is 55.1 Å². The van der Waals surface area contributed by atoms with Crippen molar-refractivity contribution < 1.29 is 19.5 Å². The number of halogens is 1. The maximum Gasteiger partial charge on any atom is 0.325 e. The molecule has 0 saturated carbocycles. The molecule has 8 heteroatoms. The molecule has 21 heavy (non-hydrogen) atoms. The highest BCUT2D eigenvalue weighted by atomic mass is 35.5. The molecule has 2 N–H and O–H groups in total. The molecule has 0 spiro atoms. The SMILES string of the molecule is CNC(=O)CN(C)C(=O)N(CC(=O)O)c1cccc(Cl)c1. The van der Waals surface area contributed by atoms with Gasteiger partial charge in [0.2, 0.25) is 5.91 Å². The lowest BCUT2D eigenvalue weighted by Gasteiger charge is -2.26. The first-order valence-corrected chi connectivity index (χ1v) is 6.43. The zero-order chi connectivity index (χ0) is 16.0. The van der Waals surface area contributed by atoms with E-state index in [4.69, 9.17) is 16.7 Å². The van der Waals surface area contributed by atoms with Gasteiger partial charge in [-0.25, -0.2) is 4.79 Å². The molecule has 0 fully saturated rings. The quantitative estimate of drug-likeness (QED) is 0.849. The summed E-state index contributed by atoms with van der Waals surface area (Å²) in [5, 5.41) is 11.7. The minimum atomic E-state index is -1.17. The van der Waals surface area contributed by atoms with Gasteiger partial charge >= 0.3 is 12.0 Å². The molecule has 1 aromatic carbocycles. The van der Waals surface area contributed by atoms with Gasteiger partial charge in [-0.2, -0.15) is 0 Å². The van der Waals surface area contributed by atoms with Crippen LogP contribution < -0.4 is 10.2 Å². The first-order valence-electron chi connectivity index (χ1n) is 6.05. The third kappa shape index (κ3) is 4.96. The smallest absolute Gasteiger partial charge is 0.325 e. The Morgan fingerprint density at radius 1 is 1.29 bits per heavy atom. The Morgan fingerprint density at radius 3 is 2.48 bits per heavy atom. The summed E-state index contributed by atoms with van der Waals surface area (Å²) in [6.45, 7) is -0.705. The summed E-state index contributed by atoms with van der Waals surface area (Å²) in [4.78, 5) is 36.7. The van der Waals surface area contributed by atoms with Gasteiger partial charge in [0.05, 0.1) is 0 Å². The molecule has 1 aromatic rings. The summed E-state index contributed by atoms with van der Waals surface area (Å²) in [6.07, 6.45) is 0. The van der Waals surface area contributed by atoms with Gasteiger partial charge in [-0.1, -0.05) is 17.7 Å². The number of amides is 3. The summed E-state index contributed by atoms with van der Waals surface area (Å²) in [6, 6.07) is 5.67. The Balaban J connectivity index is 2.99. The number of anilines is 1. The van der Waals surface area contributed by atoms with Crippen molar-refractivity contribution in [1.82, 2.24) is 10.2 Å². The summed E-state index contributed by atoms with van der Waals surface area (Å²) in [5.41, 5.74) is 0.346. The van der Waals surface area contributed by atoms with E-state index in [1.165, 1.54) is 20.2 Å². The second-order valence-electron chi connectivity index (χ2n) is 4.27. The van der Waals surface area contributed by atoms with Crippen LogP contribution in [0, 0.1) is 0 Å². The predicted octanol–water partition coefficient (Wildman–Crippen LogP) is 1.03. The van der Waals surface area contributed by atoms with E-state index in [2.05, 4.69) is 5.32 Å². The van der Waals surface area contributed by atoms with E-state index in [1.807, 2.05) is 0 Å². The highest BCUT2D eigenvalue weighted by Gasteiger charge is 2.23. The van der Waals surface area contributed by atoms with Crippen LogP contribution in [0.1, 0.15) is 0 Å². The first kappa shape index (κ1) is 16.8. The molecular formula is C13H16ClN3O4. The number of urea groups is 1. The van der Waals surface area contributed by atoms with Crippen LogP contribution in [0.4, 0.5) is 10.5 Å². The number of carbonyl (C=O) groups is 3. The summed E-state index contributed by atoms with van der Waals surface area (Å²) >= 11 is 5.85. The van der Waals surface area contributed by atoms with E-state index in [-0.39, 0.29) is 12.5 Å². The van der Waals surface area contributed by atoms with Crippen molar-refractivity contribution in [3.05, 3.63) is 29.3 Å². The zero-order valence-corrected chi connectivity index (χ0v) is 12.4. The largest absolute Gasteiger partial charge is 0.480 e. The van der Waals surface area contributed by atoms with Crippen LogP contribution in [0.15, 0.2) is 24.3 Å². The van der Waals surface area contributed by atoms with Gasteiger partial charge in [0, 0.05) is 24.8 Å². The molecular weight excluding hydrogens is 298 g/mol. The standard InChI is InChI=1S/C13H16ClN3O4/c1-15-11(18)7-16(2)13(21)17(8-12(19)20)10-5-3-4-9(14)6-10/h3-6H,7-8H2,1-2H3,(H,15,18)(H,19,20). The molecule has 0 saturated heterocycles. The van der Waals surface area contributed by atoms with E-state index in [9.17, 15) is 14.4 Å². The normalized spacial score (nSPS) is 9.86. The van der Waals surface area contributed by atoms with Crippen molar-refractivity contribution in [2.45, 2.75) is 0 Å². The van der Waals surface area contributed by atoms with Crippen LogP contribution in [0.3, 0.4) is 0 Å². The summed E-state index contributed by atoms with van der Waals surface area (Å²) < 4.78 is 0. The Bertz CT molecular complexity index is 550. The Morgan fingerprint density at radius 2 is 1.95 bits per heavy atom. The van der Waals surface area contributed by atoms with Crippen LogP contribution in [0.5, 0.6) is 0 Å². The molecule has 114 valence electrons. The maximum absolute atomic E-state index is 12.3. The monoisotopic (exact) mass is 313 g/mol. The average Bonchev–Trinajstić information content (AvgIpc) is 2.43. The van der Waals surface area contributed by atoms with Gasteiger partial charge < -0.3 is 15.3 Å². The van der Waals surface area contributed by atoms with Gasteiger partial charge in [0.1, 0.15) is 13.1 Å². The number of rotatable bonds is 5. The number of nitrogens with zero attached hydrogens (tertiary/aromatic N) is 2. The lowest BCUT2D eigenvalue weighted by atomic mass is 10.3. The maximum atomic E-state index is 12.3. The van der Waals surface area contributed by atoms with E-state index in [0.717, 1.165) is 9.80 Å². The fraction of sp³-hybridized carbons (Fsp3) is 0.308. The summed E-state index contributed by atoms with van der Waals surface area (Å²) in [7, 11) is 2.86. The lowest BCUT2D eigenvalue weighted by Crippen LogP contribution is -2.47. The molecule has 3 amide bonds. The van der Waals surface area contributed by atoms with Crippen LogP contribution in [0.2, 0.25) is 5.02 Å². The molecule has 0 heterocycles. The fourth-order valence-corrected chi connectivity index (χ4v) is 1.80. The molecule has 0 aromatic heterocycles. The van der Waals surface area contributed by atoms with Crippen molar-refractivity contribution in [1.29, 1.82) is 0 Å². The van der Waals surface area contributed by atoms with Crippen molar-refractivity contribution in [3.8, 4) is 0 Å². The molecule has 0 unspecified atom stereocenters. The molecule has 0 aliphatic rings. The highest BCUT2D eigenvalue weighted by Crippen LogP contribution is 2.20. The van der Waals surface area contributed by atoms with Crippen LogP contribution >= 0.6 is 11.6 Å². The second-order valence-corrected chi connectivity index (χ2v) is 4.71. The van der Waals surface area contributed by atoms with E-state index in [0.29, 0.717) is 10.7 Å². The third-order valence-electron chi connectivity index (χ3n) is 2.63. The highest BCUT2D eigenvalue weighted by molar-refractivity contribution is 6.30. The average molecular weight is 314 g/mol. The molecule has 0 aliphatic carbocycles. The van der Waals surface area contributed by atoms with E-state index in [1.54, 1.807) is 18.2 Å². The predicted molar refractivity (Wildman–Crippen MR) is 78.5 cm³/mol. The fourth-order valence-electron chi connectivity index (χ4n) is 1.62. The third-order valence-corrected chi connectivity index (χ3v) is 2.87. The van der Waals surface area contributed by atoms with Gasteiger partial charge in [-0.3, -0.25) is 14.5 Å². The van der Waals surface area contributed by atoms with E-state index < -0.39 is 18.5 Å². The number of hydrogen-bond donors (Lipinski definition) is 2. The molecule has 0 atom stereocenters. The first-order chi connectivity index (χ1) is 9.85. The Labute approximate surface area is 127 Å². The number of carboxylic acids is 1. The lowest BCUT2D eigenvalue weighted by molar-refractivity contribution is -0.135. The van der Waals surface area contributed by atoms with Crippen LogP contribution in [0.25, 0.3) is 0 Å². The van der Waals surface area contributed by atoms with E-state index >= 15 is 0 Å². The zero-order valence-electron chi connectivity index (χ0n) is 11.7. The minimum absolute atomic E-state index is 0.175. The molecule has 0 bridgehead atoms. The topological polar surface area (TPSA) is 90.0 Å². The second kappa shape index (κ2) is 7.49. The van der Waals surface area contributed by atoms with Crippen molar-refractivity contribution in [2.75, 3.05) is 32.1 Å². The Hall–Kier alpha value is -2.28. The number of nitrogens with one attached hydrogen (secondary N) is 1. The van der Waals surface area contributed by atoms with Gasteiger partial charge in [-0.05, 0) is 18.2 Å². The number of hydrogen-bond acceptors (Lipinski definition) is 3. The number of carboxylic acid groups (broad SMARTS) is 1. The molecule has 0 radical (unpaired) electrons. The van der Waals surface area contributed by atoms with Crippen molar-refractivity contribution >= 4 is 35.2 Å². The van der Waals surface area contributed by atoms with Crippen molar-refractivity contribution in [3.63, 3.8) is 0 Å². The molecule has 1 rings (SSSR count). The van der Waals surface area contributed by atoms with Gasteiger partial charge in [0.15, 0.2) is 0 Å². The van der Waals surface area contributed by atoms with Crippen molar-refractivity contribution in [2.24, 2.45) is 0 Å². The van der Waals surface area contributed by atoms with Crippen LogP contribution in [-0.2, 0) is 9.59 Å². The number of carbonyl (C=O) groups excluding carboxylic acids is 2. The number of aliphatic carboxylic acids is 1. The minimum Gasteiger partial charge on any atom is -0.480 e. The molecule has 7 nitrogen and oxygen atoms in total. The van der Waals surface area contributed by atoms with Gasteiger partial charge in [-0.15, -0.1) is 0 Å². The number of likely N-dealkylation sites (N-methyl/N-ethyl adjacent to an activating group) is 2. The van der Waals surface area contributed by atoms with Gasteiger partial charge in [0.25, 0.3) is 0 Å². The Kier molecular flexibility index (Phi) is 5.98. The number of benzene rings is 1. The molecule has 0 aliphatic heterocycles. The summed E-state index contributed by atoms with van der Waals surface area (Å²) in [5.74, 6) is -1.52.